The molecular formula is C20H16ClN5O2S. The fourth-order valence-corrected chi connectivity index (χ4v) is 3.54. The standard InChI is InChI=1S/C20H16ClN5O2S/c21-15-3-5-16(6-4-15)23-18(27)13-29-20-25-24-19(14-7-9-22-10-8-14)26(20)12-17-2-1-11-28-17/h1-11H,12-13H2,(H,23,27). The van der Waals surface area contributed by atoms with Crippen LogP contribution in [-0.2, 0) is 11.3 Å². The smallest absolute Gasteiger partial charge is 0.234 e. The predicted molar refractivity (Wildman–Crippen MR) is 112 cm³/mol. The number of thioether (sulfide) groups is 1. The number of anilines is 1. The zero-order valence-corrected chi connectivity index (χ0v) is 16.7. The van der Waals surface area contributed by atoms with Gasteiger partial charge in [0, 0.05) is 28.7 Å². The summed E-state index contributed by atoms with van der Waals surface area (Å²) in [6.45, 7) is 0.457. The van der Waals surface area contributed by atoms with E-state index in [1.165, 1.54) is 11.8 Å². The van der Waals surface area contributed by atoms with Crippen molar-refractivity contribution < 1.29 is 9.21 Å². The summed E-state index contributed by atoms with van der Waals surface area (Å²) in [5, 5.41) is 12.7. The lowest BCUT2D eigenvalue weighted by molar-refractivity contribution is -0.113. The first-order chi connectivity index (χ1) is 14.2. The third-order valence-corrected chi connectivity index (χ3v) is 5.23. The third kappa shape index (κ3) is 4.85. The number of carbonyl (C=O) groups excluding carboxylic acids is 1. The first kappa shape index (κ1) is 19.2. The van der Waals surface area contributed by atoms with Gasteiger partial charge in [0.15, 0.2) is 11.0 Å². The van der Waals surface area contributed by atoms with Crippen molar-refractivity contribution in [3.8, 4) is 11.4 Å². The maximum atomic E-state index is 12.3. The maximum Gasteiger partial charge on any atom is 0.234 e. The second kappa shape index (κ2) is 8.93. The number of nitrogens with zero attached hydrogens (tertiary/aromatic N) is 4. The van der Waals surface area contributed by atoms with Gasteiger partial charge in [-0.05, 0) is 48.5 Å². The molecule has 4 aromatic rings. The van der Waals surface area contributed by atoms with Crippen molar-refractivity contribution in [1.82, 2.24) is 19.7 Å². The zero-order chi connectivity index (χ0) is 20.1. The van der Waals surface area contributed by atoms with Gasteiger partial charge in [-0.1, -0.05) is 23.4 Å². The number of aromatic nitrogens is 4. The van der Waals surface area contributed by atoms with Crippen LogP contribution >= 0.6 is 23.4 Å². The van der Waals surface area contributed by atoms with Crippen LogP contribution < -0.4 is 5.32 Å². The Morgan fingerprint density at radius 1 is 1.10 bits per heavy atom. The number of carbonyl (C=O) groups is 1. The van der Waals surface area contributed by atoms with Crippen LogP contribution in [0.25, 0.3) is 11.4 Å². The topological polar surface area (TPSA) is 85.8 Å². The van der Waals surface area contributed by atoms with E-state index in [-0.39, 0.29) is 11.7 Å². The molecule has 0 aliphatic carbocycles. The number of halogens is 1. The van der Waals surface area contributed by atoms with Crippen LogP contribution in [0.4, 0.5) is 5.69 Å². The summed E-state index contributed by atoms with van der Waals surface area (Å²) in [7, 11) is 0. The highest BCUT2D eigenvalue weighted by Gasteiger charge is 2.17. The van der Waals surface area contributed by atoms with Crippen molar-refractivity contribution >= 4 is 35.0 Å². The van der Waals surface area contributed by atoms with Gasteiger partial charge in [-0.15, -0.1) is 10.2 Å². The average Bonchev–Trinajstić information content (AvgIpc) is 3.39. The van der Waals surface area contributed by atoms with Crippen LogP contribution in [0.15, 0.2) is 76.8 Å². The third-order valence-electron chi connectivity index (χ3n) is 4.01. The van der Waals surface area contributed by atoms with Gasteiger partial charge < -0.3 is 9.73 Å². The Balaban J connectivity index is 1.51. The summed E-state index contributed by atoms with van der Waals surface area (Å²) >= 11 is 7.18. The number of rotatable bonds is 7. The van der Waals surface area contributed by atoms with Crippen molar-refractivity contribution in [2.24, 2.45) is 0 Å². The van der Waals surface area contributed by atoms with E-state index in [0.717, 1.165) is 11.3 Å². The number of pyridine rings is 1. The van der Waals surface area contributed by atoms with Crippen LogP contribution in [-0.4, -0.2) is 31.4 Å². The number of nitrogens with one attached hydrogen (secondary N) is 1. The van der Waals surface area contributed by atoms with Gasteiger partial charge in [0.05, 0.1) is 18.6 Å². The molecule has 0 aliphatic rings. The van der Waals surface area contributed by atoms with Crippen molar-refractivity contribution in [2.75, 3.05) is 11.1 Å². The highest BCUT2D eigenvalue weighted by Crippen LogP contribution is 2.25. The van der Waals surface area contributed by atoms with Crippen LogP contribution in [0.3, 0.4) is 0 Å². The molecule has 0 bridgehead atoms. The molecule has 29 heavy (non-hydrogen) atoms. The van der Waals surface area contributed by atoms with E-state index >= 15 is 0 Å². The molecule has 0 saturated carbocycles. The molecule has 0 saturated heterocycles. The van der Waals surface area contributed by atoms with E-state index in [9.17, 15) is 4.79 Å². The molecule has 7 nitrogen and oxygen atoms in total. The largest absolute Gasteiger partial charge is 0.467 e. The van der Waals surface area contributed by atoms with E-state index in [4.69, 9.17) is 16.0 Å². The number of furan rings is 1. The van der Waals surface area contributed by atoms with E-state index in [1.807, 2.05) is 28.8 Å². The second-order valence-electron chi connectivity index (χ2n) is 6.05. The highest BCUT2D eigenvalue weighted by molar-refractivity contribution is 7.99. The van der Waals surface area contributed by atoms with Crippen LogP contribution in [0.5, 0.6) is 0 Å². The lowest BCUT2D eigenvalue weighted by atomic mass is 10.2. The maximum absolute atomic E-state index is 12.3. The van der Waals surface area contributed by atoms with E-state index in [1.54, 1.807) is 42.9 Å². The van der Waals surface area contributed by atoms with E-state index < -0.39 is 0 Å². The second-order valence-corrected chi connectivity index (χ2v) is 7.43. The Bertz CT molecular complexity index is 1080. The first-order valence-corrected chi connectivity index (χ1v) is 10.1. The van der Waals surface area contributed by atoms with Crippen LogP contribution in [0, 0.1) is 0 Å². The summed E-state index contributed by atoms with van der Waals surface area (Å²) in [6.07, 6.45) is 5.03. The van der Waals surface area contributed by atoms with E-state index in [0.29, 0.717) is 28.2 Å². The van der Waals surface area contributed by atoms with Gasteiger partial charge in [0.25, 0.3) is 0 Å². The molecule has 0 radical (unpaired) electrons. The minimum Gasteiger partial charge on any atom is -0.467 e. The summed E-state index contributed by atoms with van der Waals surface area (Å²) in [5.41, 5.74) is 1.58. The Morgan fingerprint density at radius 3 is 2.62 bits per heavy atom. The summed E-state index contributed by atoms with van der Waals surface area (Å²) < 4.78 is 7.40. The van der Waals surface area contributed by atoms with Gasteiger partial charge in [0.1, 0.15) is 5.76 Å². The fourth-order valence-electron chi connectivity index (χ4n) is 2.67. The SMILES string of the molecule is O=C(CSc1nnc(-c2ccncc2)n1Cc1ccco1)Nc1ccc(Cl)cc1. The summed E-state index contributed by atoms with van der Waals surface area (Å²) in [4.78, 5) is 16.4. The van der Waals surface area contributed by atoms with Crippen molar-refractivity contribution in [3.05, 3.63) is 78.0 Å². The predicted octanol–water partition coefficient (Wildman–Crippen LogP) is 4.37. The molecule has 146 valence electrons. The Kier molecular flexibility index (Phi) is 5.92. The molecule has 0 spiro atoms. The fraction of sp³-hybridized carbons (Fsp3) is 0.100. The van der Waals surface area contributed by atoms with E-state index in [2.05, 4.69) is 20.5 Å². The zero-order valence-electron chi connectivity index (χ0n) is 15.2. The molecule has 4 rings (SSSR count). The van der Waals surface area contributed by atoms with Gasteiger partial charge in [-0.2, -0.15) is 0 Å². The molecule has 1 N–H and O–H groups in total. The number of amides is 1. The molecule has 0 aliphatic heterocycles. The van der Waals surface area contributed by atoms with Crippen molar-refractivity contribution in [3.63, 3.8) is 0 Å². The quantitative estimate of drug-likeness (QED) is 0.442. The normalized spacial score (nSPS) is 10.8. The molecular weight excluding hydrogens is 410 g/mol. The molecule has 0 unspecified atom stereocenters. The lowest BCUT2D eigenvalue weighted by Gasteiger charge is -2.09. The Hall–Kier alpha value is -3.10. The monoisotopic (exact) mass is 425 g/mol. The lowest BCUT2D eigenvalue weighted by Crippen LogP contribution is -2.14. The molecule has 1 aromatic carbocycles. The minimum absolute atomic E-state index is 0.143. The highest BCUT2D eigenvalue weighted by atomic mass is 35.5. The van der Waals surface area contributed by atoms with Gasteiger partial charge in [-0.25, -0.2) is 0 Å². The number of hydrogen-bond donors (Lipinski definition) is 1. The number of hydrogen-bond acceptors (Lipinski definition) is 6. The van der Waals surface area contributed by atoms with Gasteiger partial charge in [-0.3, -0.25) is 14.3 Å². The van der Waals surface area contributed by atoms with Crippen molar-refractivity contribution in [1.29, 1.82) is 0 Å². The molecule has 3 heterocycles. The molecule has 9 heteroatoms. The average molecular weight is 426 g/mol. The molecule has 0 atom stereocenters. The van der Waals surface area contributed by atoms with Gasteiger partial charge in [0.2, 0.25) is 5.91 Å². The van der Waals surface area contributed by atoms with Crippen LogP contribution in [0.2, 0.25) is 5.02 Å². The van der Waals surface area contributed by atoms with Crippen molar-refractivity contribution in [2.45, 2.75) is 11.7 Å². The number of benzene rings is 1. The molecule has 1 amide bonds. The Morgan fingerprint density at radius 2 is 1.90 bits per heavy atom. The minimum atomic E-state index is -0.143. The Labute approximate surface area is 176 Å². The first-order valence-electron chi connectivity index (χ1n) is 8.73. The summed E-state index contributed by atoms with van der Waals surface area (Å²) in [6, 6.07) is 14.4. The molecule has 0 fully saturated rings. The van der Waals surface area contributed by atoms with Gasteiger partial charge >= 0.3 is 0 Å². The molecule has 3 aromatic heterocycles. The summed E-state index contributed by atoms with van der Waals surface area (Å²) in [5.74, 6) is 1.50. The van der Waals surface area contributed by atoms with Crippen LogP contribution in [0.1, 0.15) is 5.76 Å².